The zero-order valence-corrected chi connectivity index (χ0v) is 13.0. The van der Waals surface area contributed by atoms with E-state index in [1.54, 1.807) is 0 Å². The second kappa shape index (κ2) is 7.58. The van der Waals surface area contributed by atoms with Crippen LogP contribution in [0.2, 0.25) is 5.02 Å². The van der Waals surface area contributed by atoms with Gasteiger partial charge in [-0.2, -0.15) is 0 Å². The molecule has 0 aliphatic rings. The molecule has 2 rings (SSSR count). The summed E-state index contributed by atoms with van der Waals surface area (Å²) in [5.74, 6) is -0.853. The van der Waals surface area contributed by atoms with Crippen molar-refractivity contribution in [3.8, 4) is 0 Å². The van der Waals surface area contributed by atoms with Gasteiger partial charge in [-0.25, -0.2) is 8.78 Å². The second-order valence-corrected chi connectivity index (χ2v) is 5.91. The maximum Gasteiger partial charge on any atom is 0.255 e. The predicted molar refractivity (Wildman–Crippen MR) is 85.5 cm³/mol. The van der Waals surface area contributed by atoms with Crippen LogP contribution in [-0.2, 0) is 0 Å². The SMILES string of the molecule is NCCSc1cc(C(=O)Nc2ccc(F)c(Cl)c2)ccc1F. The molecule has 2 aromatic rings. The average Bonchev–Trinajstić information content (AvgIpc) is 2.50. The monoisotopic (exact) mass is 342 g/mol. The summed E-state index contributed by atoms with van der Waals surface area (Å²) in [6, 6.07) is 7.92. The van der Waals surface area contributed by atoms with Crippen molar-refractivity contribution in [3.05, 3.63) is 58.6 Å². The summed E-state index contributed by atoms with van der Waals surface area (Å²) in [5.41, 5.74) is 6.04. The van der Waals surface area contributed by atoms with Crippen molar-refractivity contribution >= 4 is 35.0 Å². The number of hydrogen-bond donors (Lipinski definition) is 2. The molecule has 0 fully saturated rings. The number of anilines is 1. The van der Waals surface area contributed by atoms with Gasteiger partial charge in [-0.15, -0.1) is 11.8 Å². The number of benzene rings is 2. The summed E-state index contributed by atoms with van der Waals surface area (Å²) in [6.07, 6.45) is 0. The van der Waals surface area contributed by atoms with Gasteiger partial charge in [-0.05, 0) is 36.4 Å². The molecule has 0 aliphatic heterocycles. The van der Waals surface area contributed by atoms with Gasteiger partial charge < -0.3 is 11.1 Å². The lowest BCUT2D eigenvalue weighted by atomic mass is 10.2. The van der Waals surface area contributed by atoms with Crippen molar-refractivity contribution in [2.75, 3.05) is 17.6 Å². The highest BCUT2D eigenvalue weighted by Gasteiger charge is 2.11. The summed E-state index contributed by atoms with van der Waals surface area (Å²) < 4.78 is 26.7. The molecule has 0 unspecified atom stereocenters. The molecule has 0 bridgehead atoms. The van der Waals surface area contributed by atoms with E-state index in [0.717, 1.165) is 6.07 Å². The largest absolute Gasteiger partial charge is 0.330 e. The molecular weight excluding hydrogens is 330 g/mol. The first-order chi connectivity index (χ1) is 10.5. The maximum atomic E-state index is 13.6. The van der Waals surface area contributed by atoms with Crippen LogP contribution < -0.4 is 11.1 Å². The van der Waals surface area contributed by atoms with E-state index in [-0.39, 0.29) is 5.02 Å². The van der Waals surface area contributed by atoms with Crippen LogP contribution in [0.3, 0.4) is 0 Å². The summed E-state index contributed by atoms with van der Waals surface area (Å²) in [4.78, 5) is 12.5. The number of amides is 1. The van der Waals surface area contributed by atoms with E-state index in [1.807, 2.05) is 0 Å². The zero-order chi connectivity index (χ0) is 16.1. The summed E-state index contributed by atoms with van der Waals surface area (Å²) in [5, 5.41) is 2.50. The lowest BCUT2D eigenvalue weighted by molar-refractivity contribution is 0.102. The fraction of sp³-hybridized carbons (Fsp3) is 0.133. The third-order valence-corrected chi connectivity index (χ3v) is 4.10. The number of nitrogens with one attached hydrogen (secondary N) is 1. The zero-order valence-electron chi connectivity index (χ0n) is 11.4. The molecule has 116 valence electrons. The van der Waals surface area contributed by atoms with Crippen LogP contribution in [0.1, 0.15) is 10.4 Å². The van der Waals surface area contributed by atoms with Crippen molar-refractivity contribution in [1.29, 1.82) is 0 Å². The smallest absolute Gasteiger partial charge is 0.255 e. The molecule has 0 heterocycles. The number of carbonyl (C=O) groups is 1. The van der Waals surface area contributed by atoms with Gasteiger partial charge in [0.25, 0.3) is 5.91 Å². The van der Waals surface area contributed by atoms with Crippen molar-refractivity contribution in [2.24, 2.45) is 5.73 Å². The highest BCUT2D eigenvalue weighted by molar-refractivity contribution is 7.99. The Balaban J connectivity index is 2.16. The molecule has 0 spiro atoms. The van der Waals surface area contributed by atoms with Crippen LogP contribution in [-0.4, -0.2) is 18.2 Å². The third kappa shape index (κ3) is 4.19. The molecule has 3 nitrogen and oxygen atoms in total. The minimum absolute atomic E-state index is 0.0869. The first-order valence-electron chi connectivity index (χ1n) is 6.40. The second-order valence-electron chi connectivity index (χ2n) is 4.37. The number of rotatable bonds is 5. The highest BCUT2D eigenvalue weighted by atomic mass is 35.5. The quantitative estimate of drug-likeness (QED) is 0.810. The Morgan fingerprint density at radius 1 is 1.18 bits per heavy atom. The lowest BCUT2D eigenvalue weighted by Crippen LogP contribution is -2.12. The van der Waals surface area contributed by atoms with Crippen LogP contribution in [0, 0.1) is 11.6 Å². The van der Waals surface area contributed by atoms with Gasteiger partial charge in [0.15, 0.2) is 0 Å². The molecule has 0 atom stereocenters. The van der Waals surface area contributed by atoms with Gasteiger partial charge in [0.2, 0.25) is 0 Å². The molecule has 22 heavy (non-hydrogen) atoms. The fourth-order valence-corrected chi connectivity index (χ4v) is 2.64. The molecule has 3 N–H and O–H groups in total. The molecule has 7 heteroatoms. The Kier molecular flexibility index (Phi) is 5.76. The van der Waals surface area contributed by atoms with E-state index in [9.17, 15) is 13.6 Å². The summed E-state index contributed by atoms with van der Waals surface area (Å²) in [6.45, 7) is 0.411. The topological polar surface area (TPSA) is 55.1 Å². The Labute approximate surface area is 135 Å². The van der Waals surface area contributed by atoms with E-state index in [2.05, 4.69) is 5.32 Å². The number of hydrogen-bond acceptors (Lipinski definition) is 3. The molecule has 0 aliphatic carbocycles. The van der Waals surface area contributed by atoms with E-state index in [1.165, 1.54) is 42.1 Å². The highest BCUT2D eigenvalue weighted by Crippen LogP contribution is 2.24. The standard InChI is InChI=1S/C15H13ClF2N2OS/c16-11-8-10(2-4-12(11)17)20-15(21)9-1-3-13(18)14(7-9)22-6-5-19/h1-4,7-8H,5-6,19H2,(H,20,21). The number of halogens is 3. The van der Waals surface area contributed by atoms with Crippen LogP contribution in [0.15, 0.2) is 41.3 Å². The van der Waals surface area contributed by atoms with Gasteiger partial charge in [0.1, 0.15) is 11.6 Å². The first kappa shape index (κ1) is 16.7. The Hall–Kier alpha value is -1.63. The van der Waals surface area contributed by atoms with Crippen molar-refractivity contribution < 1.29 is 13.6 Å². The van der Waals surface area contributed by atoms with E-state index in [0.29, 0.717) is 28.4 Å². The van der Waals surface area contributed by atoms with Crippen LogP contribution in [0.5, 0.6) is 0 Å². The molecule has 1 amide bonds. The third-order valence-electron chi connectivity index (χ3n) is 2.75. The molecule has 0 saturated heterocycles. The van der Waals surface area contributed by atoms with E-state index in [4.69, 9.17) is 17.3 Å². The van der Waals surface area contributed by atoms with Gasteiger partial charge in [0, 0.05) is 28.4 Å². The van der Waals surface area contributed by atoms with Gasteiger partial charge in [-0.3, -0.25) is 4.79 Å². The molecule has 0 radical (unpaired) electrons. The summed E-state index contributed by atoms with van der Waals surface area (Å²) >= 11 is 6.89. The van der Waals surface area contributed by atoms with Crippen LogP contribution in [0.25, 0.3) is 0 Å². The average molecular weight is 343 g/mol. The Morgan fingerprint density at radius 3 is 2.59 bits per heavy atom. The van der Waals surface area contributed by atoms with Crippen LogP contribution in [0.4, 0.5) is 14.5 Å². The Morgan fingerprint density at radius 2 is 1.91 bits per heavy atom. The molecule has 2 aromatic carbocycles. The van der Waals surface area contributed by atoms with Gasteiger partial charge in [-0.1, -0.05) is 11.6 Å². The molecular formula is C15H13ClF2N2OS. The number of thioether (sulfide) groups is 1. The number of carbonyl (C=O) groups excluding carboxylic acids is 1. The van der Waals surface area contributed by atoms with E-state index < -0.39 is 17.5 Å². The first-order valence-corrected chi connectivity index (χ1v) is 7.76. The fourth-order valence-electron chi connectivity index (χ4n) is 1.70. The van der Waals surface area contributed by atoms with Gasteiger partial charge >= 0.3 is 0 Å². The van der Waals surface area contributed by atoms with Crippen molar-refractivity contribution in [2.45, 2.75) is 4.90 Å². The van der Waals surface area contributed by atoms with Gasteiger partial charge in [0.05, 0.1) is 5.02 Å². The maximum absolute atomic E-state index is 13.6. The van der Waals surface area contributed by atoms with Crippen molar-refractivity contribution in [1.82, 2.24) is 0 Å². The minimum Gasteiger partial charge on any atom is -0.330 e. The Bertz CT molecular complexity index is 697. The number of nitrogens with two attached hydrogens (primary N) is 1. The normalized spacial score (nSPS) is 10.5. The lowest BCUT2D eigenvalue weighted by Gasteiger charge is -2.08. The minimum atomic E-state index is -0.568. The van der Waals surface area contributed by atoms with Crippen LogP contribution >= 0.6 is 23.4 Å². The predicted octanol–water partition coefficient (Wildman–Crippen LogP) is 3.92. The van der Waals surface area contributed by atoms with Crippen molar-refractivity contribution in [3.63, 3.8) is 0 Å². The molecule has 0 saturated carbocycles. The van der Waals surface area contributed by atoms with E-state index >= 15 is 0 Å². The molecule has 0 aromatic heterocycles. The summed E-state index contributed by atoms with van der Waals surface area (Å²) in [7, 11) is 0.